The second-order valence-corrected chi connectivity index (χ2v) is 7.17. The van der Waals surface area contributed by atoms with Gasteiger partial charge in [-0.15, -0.1) is 0 Å². The highest BCUT2D eigenvalue weighted by Crippen LogP contribution is 2.35. The summed E-state index contributed by atoms with van der Waals surface area (Å²) in [5.74, 6) is 1.91. The van der Waals surface area contributed by atoms with Crippen molar-refractivity contribution in [2.24, 2.45) is 10.7 Å². The number of nitrogens with two attached hydrogens (primary N) is 1. The molecule has 3 heterocycles. The molecule has 2 aromatic heterocycles. The van der Waals surface area contributed by atoms with Gasteiger partial charge < -0.3 is 15.0 Å². The van der Waals surface area contributed by atoms with E-state index in [9.17, 15) is 0 Å². The Morgan fingerprint density at radius 3 is 2.59 bits per heavy atom. The number of methoxy groups -OCH3 is 1. The maximum atomic E-state index is 6.10. The first-order valence-electron chi connectivity index (χ1n) is 9.47. The summed E-state index contributed by atoms with van der Waals surface area (Å²) in [6.45, 7) is 4.21. The van der Waals surface area contributed by atoms with Gasteiger partial charge in [0, 0.05) is 22.6 Å². The van der Waals surface area contributed by atoms with Crippen LogP contribution in [0.4, 0.5) is 5.95 Å². The Morgan fingerprint density at radius 1 is 1.07 bits per heavy atom. The Bertz CT molecular complexity index is 1250. The first-order valence-corrected chi connectivity index (χ1v) is 9.47. The molecule has 146 valence electrons. The number of hydrogen-bond acceptors (Lipinski definition) is 5. The molecule has 0 fully saturated rings. The molecule has 0 unspecified atom stereocenters. The molecule has 7 heteroatoms. The summed E-state index contributed by atoms with van der Waals surface area (Å²) < 4.78 is 9.62. The van der Waals surface area contributed by atoms with Gasteiger partial charge in [0.2, 0.25) is 5.95 Å². The zero-order chi connectivity index (χ0) is 20.1. The lowest BCUT2D eigenvalue weighted by atomic mass is 10.1. The van der Waals surface area contributed by atoms with E-state index in [-0.39, 0.29) is 6.17 Å². The molecule has 0 amide bonds. The summed E-state index contributed by atoms with van der Waals surface area (Å²) in [6, 6.07) is 18.3. The molecular weight excluding hydrogens is 364 g/mol. The molecule has 0 radical (unpaired) electrons. The summed E-state index contributed by atoms with van der Waals surface area (Å²) in [4.78, 5) is 9.41. The molecule has 1 aliphatic rings. The Hall–Kier alpha value is -3.74. The van der Waals surface area contributed by atoms with Crippen LogP contribution in [0.15, 0.2) is 59.6 Å². The van der Waals surface area contributed by atoms with Gasteiger partial charge in [-0.2, -0.15) is 0 Å². The van der Waals surface area contributed by atoms with Crippen molar-refractivity contribution >= 4 is 22.9 Å². The molecule has 1 aliphatic heterocycles. The van der Waals surface area contributed by atoms with Gasteiger partial charge in [-0.05, 0) is 56.3 Å². The number of nitrogens with zero attached hydrogens (tertiary/aromatic N) is 4. The Balaban J connectivity index is 1.68. The number of rotatable bonds is 3. The first kappa shape index (κ1) is 17.4. The number of aryl methyl sites for hydroxylation is 1. The van der Waals surface area contributed by atoms with Gasteiger partial charge in [0.05, 0.1) is 18.1 Å². The molecule has 5 rings (SSSR count). The maximum Gasteiger partial charge on any atom is 0.212 e. The van der Waals surface area contributed by atoms with Crippen molar-refractivity contribution in [1.82, 2.24) is 14.1 Å². The van der Waals surface area contributed by atoms with Crippen molar-refractivity contribution in [2.75, 3.05) is 12.4 Å². The Kier molecular flexibility index (Phi) is 3.84. The molecule has 0 aliphatic carbocycles. The van der Waals surface area contributed by atoms with Crippen molar-refractivity contribution < 1.29 is 4.74 Å². The topological polar surface area (TPSA) is 82.4 Å². The van der Waals surface area contributed by atoms with Crippen molar-refractivity contribution in [3.8, 4) is 11.4 Å². The van der Waals surface area contributed by atoms with E-state index in [1.54, 1.807) is 7.11 Å². The number of hydrogen-bond donors (Lipinski definition) is 2. The van der Waals surface area contributed by atoms with Crippen LogP contribution in [0.1, 0.15) is 23.1 Å². The van der Waals surface area contributed by atoms with Crippen LogP contribution < -0.4 is 15.8 Å². The van der Waals surface area contributed by atoms with E-state index in [0.29, 0.717) is 11.9 Å². The number of fused-ring (bicyclic) bond motifs is 3. The summed E-state index contributed by atoms with van der Waals surface area (Å²) in [6.07, 6.45) is -0.281. The number of aliphatic imine (C=N–C) groups is 1. The zero-order valence-corrected chi connectivity index (χ0v) is 16.5. The number of para-hydroxylation sites is 2. The van der Waals surface area contributed by atoms with E-state index < -0.39 is 0 Å². The Morgan fingerprint density at radius 2 is 1.83 bits per heavy atom. The normalized spacial score (nSPS) is 15.7. The van der Waals surface area contributed by atoms with Crippen LogP contribution in [0.5, 0.6) is 5.75 Å². The summed E-state index contributed by atoms with van der Waals surface area (Å²) in [5.41, 5.74) is 12.4. The van der Waals surface area contributed by atoms with Crippen molar-refractivity contribution in [1.29, 1.82) is 0 Å². The summed E-state index contributed by atoms with van der Waals surface area (Å²) in [7, 11) is 1.67. The van der Waals surface area contributed by atoms with Crippen molar-refractivity contribution in [2.45, 2.75) is 20.0 Å². The summed E-state index contributed by atoms with van der Waals surface area (Å²) >= 11 is 0. The average molecular weight is 386 g/mol. The van der Waals surface area contributed by atoms with E-state index in [1.165, 1.54) is 0 Å². The summed E-state index contributed by atoms with van der Waals surface area (Å²) in [5, 5.41) is 3.09. The van der Waals surface area contributed by atoms with Crippen molar-refractivity contribution in [3.63, 3.8) is 0 Å². The van der Waals surface area contributed by atoms with Crippen LogP contribution in [-0.4, -0.2) is 27.2 Å². The zero-order valence-electron chi connectivity index (χ0n) is 16.5. The van der Waals surface area contributed by atoms with Gasteiger partial charge >= 0.3 is 0 Å². The quantitative estimate of drug-likeness (QED) is 0.562. The highest BCUT2D eigenvalue weighted by Gasteiger charge is 2.28. The smallest absolute Gasteiger partial charge is 0.212 e. The maximum absolute atomic E-state index is 6.10. The number of guanidine groups is 1. The molecule has 3 N–H and O–H groups in total. The molecule has 0 saturated carbocycles. The SMILES string of the molecule is COc1ccc(-n2c(C)cc([C@H]3N=C(N)Nc4nc5ccccc5n43)c2C)cc1. The van der Waals surface area contributed by atoms with Crippen LogP contribution in [0, 0.1) is 13.8 Å². The predicted octanol–water partition coefficient (Wildman–Crippen LogP) is 3.74. The van der Waals surface area contributed by atoms with E-state index >= 15 is 0 Å². The van der Waals surface area contributed by atoms with Crippen LogP contribution >= 0.6 is 0 Å². The number of ether oxygens (including phenoxy) is 1. The second-order valence-electron chi connectivity index (χ2n) is 7.17. The van der Waals surface area contributed by atoms with Gasteiger partial charge in [0.15, 0.2) is 12.1 Å². The van der Waals surface area contributed by atoms with Crippen LogP contribution in [-0.2, 0) is 0 Å². The largest absolute Gasteiger partial charge is 0.497 e. The van der Waals surface area contributed by atoms with Gasteiger partial charge in [0.25, 0.3) is 0 Å². The molecule has 0 bridgehead atoms. The van der Waals surface area contributed by atoms with Crippen molar-refractivity contribution in [3.05, 3.63) is 71.5 Å². The molecule has 29 heavy (non-hydrogen) atoms. The van der Waals surface area contributed by atoms with E-state index in [4.69, 9.17) is 15.5 Å². The second kappa shape index (κ2) is 6.41. The third-order valence-electron chi connectivity index (χ3n) is 5.42. The fourth-order valence-electron chi connectivity index (χ4n) is 4.10. The number of anilines is 1. The first-order chi connectivity index (χ1) is 14.1. The lowest BCUT2D eigenvalue weighted by molar-refractivity contribution is 0.414. The van der Waals surface area contributed by atoms with Gasteiger partial charge in [-0.1, -0.05) is 12.1 Å². The fraction of sp³-hybridized carbons (Fsp3) is 0.182. The van der Waals surface area contributed by atoms with Gasteiger partial charge in [0.1, 0.15) is 5.75 Å². The minimum atomic E-state index is -0.281. The average Bonchev–Trinajstić information content (AvgIpc) is 3.24. The molecule has 4 aromatic rings. The van der Waals surface area contributed by atoms with Gasteiger partial charge in [-0.25, -0.2) is 9.98 Å². The molecule has 0 spiro atoms. The predicted molar refractivity (Wildman–Crippen MR) is 115 cm³/mol. The fourth-order valence-corrected chi connectivity index (χ4v) is 4.10. The molecule has 2 aromatic carbocycles. The monoisotopic (exact) mass is 386 g/mol. The minimum Gasteiger partial charge on any atom is -0.497 e. The third-order valence-corrected chi connectivity index (χ3v) is 5.42. The van der Waals surface area contributed by atoms with Crippen LogP contribution in [0.2, 0.25) is 0 Å². The number of imidazole rings is 1. The highest BCUT2D eigenvalue weighted by atomic mass is 16.5. The highest BCUT2D eigenvalue weighted by molar-refractivity contribution is 5.94. The standard InChI is InChI=1S/C22H22N6O/c1-13-12-17(14(2)27(13)15-8-10-16(29-3)11-9-15)20-25-21(23)26-22-24-18-6-4-5-7-19(18)28(20)22/h4-12,20H,1-3H3,(H3,23,24,25,26)/t20-/m0/s1. The number of benzene rings is 2. The third kappa shape index (κ3) is 2.66. The number of aromatic nitrogens is 3. The molecule has 7 nitrogen and oxygen atoms in total. The molecule has 1 atom stereocenters. The van der Waals surface area contributed by atoms with Crippen LogP contribution in [0.3, 0.4) is 0 Å². The number of nitrogens with one attached hydrogen (secondary N) is 1. The lowest BCUT2D eigenvalue weighted by Crippen LogP contribution is -2.31. The molecule has 0 saturated heterocycles. The van der Waals surface area contributed by atoms with E-state index in [0.717, 1.165) is 39.4 Å². The molecular formula is C22H22N6O. The lowest BCUT2D eigenvalue weighted by Gasteiger charge is -2.24. The van der Waals surface area contributed by atoms with E-state index in [2.05, 4.69) is 57.5 Å². The van der Waals surface area contributed by atoms with Gasteiger partial charge in [-0.3, -0.25) is 9.88 Å². The van der Waals surface area contributed by atoms with Crippen LogP contribution in [0.25, 0.3) is 16.7 Å². The van der Waals surface area contributed by atoms with E-state index in [1.807, 2.05) is 30.3 Å². The Labute approximate surface area is 168 Å². The minimum absolute atomic E-state index is 0.281.